The Kier molecular flexibility index (Phi) is 7.33. The fraction of sp³-hybridized carbons (Fsp3) is 0.208. The van der Waals surface area contributed by atoms with Crippen LogP contribution in [0, 0.1) is 6.92 Å². The minimum Gasteiger partial charge on any atom is -0.496 e. The maximum Gasteiger partial charge on any atom is 0.305 e. The number of pyridine rings is 1. The van der Waals surface area contributed by atoms with E-state index in [1.807, 2.05) is 19.1 Å². The summed E-state index contributed by atoms with van der Waals surface area (Å²) in [5, 5.41) is 12.6. The molecule has 3 rings (SSSR count). The maximum absolute atomic E-state index is 13.0. The first-order valence-electron chi connectivity index (χ1n) is 9.80. The van der Waals surface area contributed by atoms with Gasteiger partial charge in [0.05, 0.1) is 26.7 Å². The molecular weight excluding hydrogens is 432 g/mol. The Balaban J connectivity index is 1.97. The van der Waals surface area contributed by atoms with Gasteiger partial charge in [0.15, 0.2) is 0 Å². The predicted molar refractivity (Wildman–Crippen MR) is 121 cm³/mol. The molecule has 2 N–H and O–H groups in total. The standard InChI is InChI=1S/C24H23ClN2O5/c1-14-4-6-15(7-5-14)19(13-22(28)29)27-24(30)18-9-11-21(32-3)23(26-18)17-12-16(25)8-10-20(17)31-2/h4-12,19H,13H2,1-3H3,(H,27,30)(H,28,29)/t19-/m0/s1. The summed E-state index contributed by atoms with van der Waals surface area (Å²) >= 11 is 6.16. The quantitative estimate of drug-likeness (QED) is 0.513. The SMILES string of the molecule is COc1ccc(Cl)cc1-c1nc(C(=O)N[C@@H](CC(=O)O)c2ccc(C)cc2)ccc1OC. The van der Waals surface area contributed by atoms with Crippen molar-refractivity contribution in [2.45, 2.75) is 19.4 Å². The maximum atomic E-state index is 13.0. The highest BCUT2D eigenvalue weighted by Gasteiger charge is 2.22. The number of carbonyl (C=O) groups is 2. The third kappa shape index (κ3) is 5.36. The molecule has 166 valence electrons. The summed E-state index contributed by atoms with van der Waals surface area (Å²) in [4.78, 5) is 28.9. The number of benzene rings is 2. The van der Waals surface area contributed by atoms with E-state index in [9.17, 15) is 14.7 Å². The Morgan fingerprint density at radius 1 is 1.03 bits per heavy atom. The zero-order chi connectivity index (χ0) is 23.3. The van der Waals surface area contributed by atoms with Crippen molar-refractivity contribution in [3.63, 3.8) is 0 Å². The smallest absolute Gasteiger partial charge is 0.305 e. The van der Waals surface area contributed by atoms with Crippen LogP contribution in [0.1, 0.15) is 34.1 Å². The zero-order valence-electron chi connectivity index (χ0n) is 17.9. The number of hydrogen-bond acceptors (Lipinski definition) is 5. The highest BCUT2D eigenvalue weighted by Crippen LogP contribution is 2.36. The molecule has 0 saturated heterocycles. The number of aliphatic carboxylic acids is 1. The number of carbonyl (C=O) groups excluding carboxylic acids is 1. The molecule has 0 aliphatic heterocycles. The molecule has 1 amide bonds. The number of ether oxygens (including phenoxy) is 2. The normalized spacial score (nSPS) is 11.5. The number of nitrogens with one attached hydrogen (secondary N) is 1. The number of nitrogens with zero attached hydrogens (tertiary/aromatic N) is 1. The van der Waals surface area contributed by atoms with Crippen LogP contribution in [0.4, 0.5) is 0 Å². The molecule has 0 saturated carbocycles. The van der Waals surface area contributed by atoms with E-state index in [2.05, 4.69) is 10.3 Å². The van der Waals surface area contributed by atoms with Crippen LogP contribution in [0.15, 0.2) is 54.6 Å². The number of halogens is 1. The lowest BCUT2D eigenvalue weighted by molar-refractivity contribution is -0.137. The molecule has 1 heterocycles. The number of methoxy groups -OCH3 is 2. The Morgan fingerprint density at radius 3 is 2.31 bits per heavy atom. The largest absolute Gasteiger partial charge is 0.496 e. The van der Waals surface area contributed by atoms with Crippen molar-refractivity contribution in [3.8, 4) is 22.8 Å². The number of carboxylic acids is 1. The average molecular weight is 455 g/mol. The molecule has 8 heteroatoms. The van der Waals surface area contributed by atoms with E-state index in [0.717, 1.165) is 5.56 Å². The fourth-order valence-electron chi connectivity index (χ4n) is 3.25. The lowest BCUT2D eigenvalue weighted by Crippen LogP contribution is -2.31. The van der Waals surface area contributed by atoms with Gasteiger partial charge in [-0.15, -0.1) is 0 Å². The molecule has 0 radical (unpaired) electrons. The van der Waals surface area contributed by atoms with E-state index in [1.54, 1.807) is 36.4 Å². The number of amides is 1. The number of hydrogen-bond donors (Lipinski definition) is 2. The van der Waals surface area contributed by atoms with Crippen LogP contribution in [-0.2, 0) is 4.79 Å². The molecule has 1 atom stereocenters. The van der Waals surface area contributed by atoms with Crippen molar-refractivity contribution in [3.05, 3.63) is 76.4 Å². The highest BCUT2D eigenvalue weighted by atomic mass is 35.5. The van der Waals surface area contributed by atoms with Crippen LogP contribution in [0.2, 0.25) is 5.02 Å². The van der Waals surface area contributed by atoms with Gasteiger partial charge in [-0.1, -0.05) is 41.4 Å². The van der Waals surface area contributed by atoms with Crippen LogP contribution in [0.3, 0.4) is 0 Å². The second-order valence-electron chi connectivity index (χ2n) is 7.13. The van der Waals surface area contributed by atoms with Gasteiger partial charge in [0.2, 0.25) is 0 Å². The molecule has 1 aromatic heterocycles. The zero-order valence-corrected chi connectivity index (χ0v) is 18.6. The molecular formula is C24H23ClN2O5. The number of aryl methyl sites for hydroxylation is 1. The fourth-order valence-corrected chi connectivity index (χ4v) is 3.43. The molecule has 7 nitrogen and oxygen atoms in total. The van der Waals surface area contributed by atoms with Crippen molar-refractivity contribution in [2.75, 3.05) is 14.2 Å². The molecule has 0 bridgehead atoms. The lowest BCUT2D eigenvalue weighted by Gasteiger charge is -2.18. The van der Waals surface area contributed by atoms with Crippen LogP contribution < -0.4 is 14.8 Å². The molecule has 0 fully saturated rings. The van der Waals surface area contributed by atoms with Crippen molar-refractivity contribution < 1.29 is 24.2 Å². The lowest BCUT2D eigenvalue weighted by atomic mass is 10.0. The summed E-state index contributed by atoms with van der Waals surface area (Å²) in [6, 6.07) is 14.8. The first-order chi connectivity index (χ1) is 15.3. The summed E-state index contributed by atoms with van der Waals surface area (Å²) in [6.07, 6.45) is -0.264. The molecule has 3 aromatic rings. The van der Waals surface area contributed by atoms with E-state index in [-0.39, 0.29) is 12.1 Å². The highest BCUT2D eigenvalue weighted by molar-refractivity contribution is 6.31. The minimum absolute atomic E-state index is 0.102. The molecule has 0 aliphatic carbocycles. The third-order valence-electron chi connectivity index (χ3n) is 4.89. The van der Waals surface area contributed by atoms with E-state index in [0.29, 0.717) is 33.3 Å². The van der Waals surface area contributed by atoms with E-state index in [1.165, 1.54) is 20.3 Å². The first-order valence-corrected chi connectivity index (χ1v) is 10.2. The Bertz CT molecular complexity index is 1130. The molecule has 2 aromatic carbocycles. The van der Waals surface area contributed by atoms with Gasteiger partial charge in [-0.3, -0.25) is 9.59 Å². The molecule has 0 unspecified atom stereocenters. The molecule has 32 heavy (non-hydrogen) atoms. The van der Waals surface area contributed by atoms with Crippen molar-refractivity contribution in [1.29, 1.82) is 0 Å². The van der Waals surface area contributed by atoms with Crippen LogP contribution in [0.25, 0.3) is 11.3 Å². The second kappa shape index (κ2) is 10.2. The van der Waals surface area contributed by atoms with Gasteiger partial charge in [0, 0.05) is 10.6 Å². The van der Waals surface area contributed by atoms with Gasteiger partial charge in [-0.05, 0) is 42.8 Å². The average Bonchev–Trinajstić information content (AvgIpc) is 2.78. The number of carboxylic acid groups (broad SMARTS) is 1. The van der Waals surface area contributed by atoms with Crippen LogP contribution >= 0.6 is 11.6 Å². The molecule has 0 spiro atoms. The minimum atomic E-state index is -1.03. The van der Waals surface area contributed by atoms with Gasteiger partial charge >= 0.3 is 5.97 Å². The summed E-state index contributed by atoms with van der Waals surface area (Å²) in [5.74, 6) is -0.589. The predicted octanol–water partition coefficient (Wildman–Crippen LogP) is 4.67. The summed E-state index contributed by atoms with van der Waals surface area (Å²) in [5.41, 5.74) is 2.77. The molecule has 0 aliphatic rings. The Morgan fingerprint density at radius 2 is 1.69 bits per heavy atom. The van der Waals surface area contributed by atoms with E-state index >= 15 is 0 Å². The summed E-state index contributed by atoms with van der Waals surface area (Å²) in [6.45, 7) is 1.93. The second-order valence-corrected chi connectivity index (χ2v) is 7.56. The van der Waals surface area contributed by atoms with Gasteiger partial charge in [0.25, 0.3) is 5.91 Å². The van der Waals surface area contributed by atoms with Gasteiger partial charge < -0.3 is 19.9 Å². The van der Waals surface area contributed by atoms with Gasteiger partial charge in [-0.25, -0.2) is 4.98 Å². The summed E-state index contributed by atoms with van der Waals surface area (Å²) < 4.78 is 10.8. The van der Waals surface area contributed by atoms with Crippen molar-refractivity contribution in [1.82, 2.24) is 10.3 Å². The van der Waals surface area contributed by atoms with E-state index in [4.69, 9.17) is 21.1 Å². The van der Waals surface area contributed by atoms with Gasteiger partial charge in [-0.2, -0.15) is 0 Å². The van der Waals surface area contributed by atoms with Crippen LogP contribution in [0.5, 0.6) is 11.5 Å². The van der Waals surface area contributed by atoms with Crippen molar-refractivity contribution in [2.24, 2.45) is 0 Å². The van der Waals surface area contributed by atoms with E-state index < -0.39 is 17.9 Å². The number of rotatable bonds is 8. The first kappa shape index (κ1) is 23.1. The Labute approximate surface area is 191 Å². The van der Waals surface area contributed by atoms with Crippen LogP contribution in [-0.4, -0.2) is 36.2 Å². The summed E-state index contributed by atoms with van der Waals surface area (Å²) in [7, 11) is 3.02. The van der Waals surface area contributed by atoms with Crippen molar-refractivity contribution >= 4 is 23.5 Å². The number of aromatic nitrogens is 1. The van der Waals surface area contributed by atoms with Gasteiger partial charge in [0.1, 0.15) is 22.9 Å². The topological polar surface area (TPSA) is 97.8 Å². The monoisotopic (exact) mass is 454 g/mol. The Hall–Kier alpha value is -3.58. The third-order valence-corrected chi connectivity index (χ3v) is 5.13.